The summed E-state index contributed by atoms with van der Waals surface area (Å²) in [4.78, 5) is 30.5. The van der Waals surface area contributed by atoms with Gasteiger partial charge in [0.05, 0.1) is 30.2 Å². The molecular formula is C15H20FN5O2. The molecule has 2 rings (SSSR count). The number of imidazole rings is 1. The molecule has 0 aliphatic heterocycles. The van der Waals surface area contributed by atoms with Gasteiger partial charge >= 0.3 is 0 Å². The number of benzene rings is 1. The van der Waals surface area contributed by atoms with Crippen LogP contribution in [0.5, 0.6) is 0 Å². The minimum atomic E-state index is -0.645. The molecule has 5 N–H and O–H groups in total. The van der Waals surface area contributed by atoms with Crippen molar-refractivity contribution in [2.75, 3.05) is 6.54 Å². The van der Waals surface area contributed by atoms with E-state index in [9.17, 15) is 14.0 Å². The predicted octanol–water partition coefficient (Wildman–Crippen LogP) is 0.418. The van der Waals surface area contributed by atoms with Gasteiger partial charge in [0.25, 0.3) is 0 Å². The van der Waals surface area contributed by atoms with Crippen LogP contribution < -0.4 is 16.4 Å². The molecule has 1 aromatic heterocycles. The van der Waals surface area contributed by atoms with Gasteiger partial charge in [-0.25, -0.2) is 9.37 Å². The van der Waals surface area contributed by atoms with Crippen molar-refractivity contribution in [2.24, 2.45) is 11.7 Å². The van der Waals surface area contributed by atoms with Crippen LogP contribution in [0.1, 0.15) is 19.7 Å². The van der Waals surface area contributed by atoms with Crippen LogP contribution in [0.2, 0.25) is 0 Å². The number of hydrogen-bond acceptors (Lipinski definition) is 4. The second-order valence-electron chi connectivity index (χ2n) is 5.61. The number of H-pyrrole nitrogens is 1. The van der Waals surface area contributed by atoms with Crippen molar-refractivity contribution in [2.45, 2.75) is 26.4 Å². The number of hydrogen-bond donors (Lipinski definition) is 4. The SMILES string of the molecule is CC(C)[C@H](N)C(=O)NCC(=O)NCc1nc2ccc(F)cc2[nH]1. The summed E-state index contributed by atoms with van der Waals surface area (Å²) in [6.45, 7) is 3.65. The predicted molar refractivity (Wildman–Crippen MR) is 83.7 cm³/mol. The van der Waals surface area contributed by atoms with Crippen molar-refractivity contribution in [3.63, 3.8) is 0 Å². The topological polar surface area (TPSA) is 113 Å². The largest absolute Gasteiger partial charge is 0.347 e. The number of rotatable bonds is 6. The molecule has 0 aliphatic rings. The van der Waals surface area contributed by atoms with Gasteiger partial charge in [-0.05, 0) is 24.1 Å². The lowest BCUT2D eigenvalue weighted by Gasteiger charge is -2.14. The average molecular weight is 321 g/mol. The van der Waals surface area contributed by atoms with Crippen LogP contribution in [0, 0.1) is 11.7 Å². The Bertz CT molecular complexity index is 713. The van der Waals surface area contributed by atoms with Gasteiger partial charge in [0, 0.05) is 0 Å². The highest BCUT2D eigenvalue weighted by atomic mass is 19.1. The van der Waals surface area contributed by atoms with E-state index < -0.39 is 6.04 Å². The minimum absolute atomic E-state index is 0.00555. The molecule has 1 atom stereocenters. The van der Waals surface area contributed by atoms with Gasteiger partial charge in [-0.1, -0.05) is 13.8 Å². The number of fused-ring (bicyclic) bond motifs is 1. The molecule has 0 spiro atoms. The van der Waals surface area contributed by atoms with Crippen molar-refractivity contribution >= 4 is 22.8 Å². The quantitative estimate of drug-likeness (QED) is 0.617. The first-order valence-electron chi connectivity index (χ1n) is 7.31. The summed E-state index contributed by atoms with van der Waals surface area (Å²) in [7, 11) is 0. The van der Waals surface area contributed by atoms with Crippen LogP contribution in [0.3, 0.4) is 0 Å². The molecule has 0 unspecified atom stereocenters. The summed E-state index contributed by atoms with van der Waals surface area (Å²) in [6, 6.07) is 3.56. The Hall–Kier alpha value is -2.48. The third kappa shape index (κ3) is 4.49. The molecule has 1 heterocycles. The highest BCUT2D eigenvalue weighted by Gasteiger charge is 2.17. The Labute approximate surface area is 132 Å². The molecule has 2 amide bonds. The van der Waals surface area contributed by atoms with Crippen LogP contribution >= 0.6 is 0 Å². The lowest BCUT2D eigenvalue weighted by atomic mass is 10.1. The maximum Gasteiger partial charge on any atom is 0.239 e. The Morgan fingerprint density at radius 2 is 2.09 bits per heavy atom. The Balaban J connectivity index is 1.82. The third-order valence-corrected chi connectivity index (χ3v) is 3.39. The first-order chi connectivity index (χ1) is 10.9. The molecule has 0 bridgehead atoms. The summed E-state index contributed by atoms with van der Waals surface area (Å²) >= 11 is 0. The fourth-order valence-corrected chi connectivity index (χ4v) is 1.95. The molecule has 23 heavy (non-hydrogen) atoms. The first kappa shape index (κ1) is 16.9. The van der Waals surface area contributed by atoms with Gasteiger partial charge in [0.2, 0.25) is 11.8 Å². The van der Waals surface area contributed by atoms with E-state index in [4.69, 9.17) is 5.73 Å². The molecule has 124 valence electrons. The van der Waals surface area contributed by atoms with Crippen LogP contribution in [0.25, 0.3) is 11.0 Å². The van der Waals surface area contributed by atoms with Gasteiger partial charge in [-0.3, -0.25) is 9.59 Å². The molecule has 0 saturated heterocycles. The molecule has 0 saturated carbocycles. The third-order valence-electron chi connectivity index (χ3n) is 3.39. The molecule has 2 aromatic rings. The van der Waals surface area contributed by atoms with Gasteiger partial charge in [0.1, 0.15) is 11.6 Å². The molecule has 7 nitrogen and oxygen atoms in total. The number of carbonyl (C=O) groups is 2. The van der Waals surface area contributed by atoms with Gasteiger partial charge in [0.15, 0.2) is 0 Å². The zero-order chi connectivity index (χ0) is 17.0. The number of halogens is 1. The summed E-state index contributed by atoms with van der Waals surface area (Å²) in [5, 5.41) is 5.09. The number of nitrogens with two attached hydrogens (primary N) is 1. The summed E-state index contributed by atoms with van der Waals surface area (Å²) in [5.41, 5.74) is 6.86. The van der Waals surface area contributed by atoms with Crippen LogP contribution in [0.15, 0.2) is 18.2 Å². The highest BCUT2D eigenvalue weighted by molar-refractivity contribution is 5.87. The van der Waals surface area contributed by atoms with Gasteiger partial charge in [-0.15, -0.1) is 0 Å². The summed E-state index contributed by atoms with van der Waals surface area (Å²) in [6.07, 6.45) is 0. The smallest absolute Gasteiger partial charge is 0.239 e. The lowest BCUT2D eigenvalue weighted by Crippen LogP contribution is -2.47. The Morgan fingerprint density at radius 3 is 2.78 bits per heavy atom. The van der Waals surface area contributed by atoms with Crippen molar-refractivity contribution in [1.82, 2.24) is 20.6 Å². The molecular weight excluding hydrogens is 301 g/mol. The maximum atomic E-state index is 13.1. The molecule has 1 aromatic carbocycles. The van der Waals surface area contributed by atoms with E-state index in [1.807, 2.05) is 13.8 Å². The van der Waals surface area contributed by atoms with E-state index in [0.29, 0.717) is 16.9 Å². The Kier molecular flexibility index (Phi) is 5.28. The van der Waals surface area contributed by atoms with Crippen molar-refractivity contribution in [1.29, 1.82) is 0 Å². The van der Waals surface area contributed by atoms with Crippen LogP contribution in [-0.4, -0.2) is 34.4 Å². The summed E-state index contributed by atoms with van der Waals surface area (Å²) < 4.78 is 13.1. The number of aromatic amines is 1. The van der Waals surface area contributed by atoms with Crippen LogP contribution in [-0.2, 0) is 16.1 Å². The number of carbonyl (C=O) groups excluding carboxylic acids is 2. The van der Waals surface area contributed by atoms with E-state index in [1.54, 1.807) is 6.07 Å². The lowest BCUT2D eigenvalue weighted by molar-refractivity contribution is -0.127. The number of amides is 2. The van der Waals surface area contributed by atoms with E-state index in [1.165, 1.54) is 12.1 Å². The monoisotopic (exact) mass is 321 g/mol. The fraction of sp³-hybridized carbons (Fsp3) is 0.400. The highest BCUT2D eigenvalue weighted by Crippen LogP contribution is 2.12. The second-order valence-corrected chi connectivity index (χ2v) is 5.61. The molecule has 0 fully saturated rings. The first-order valence-corrected chi connectivity index (χ1v) is 7.31. The van der Waals surface area contributed by atoms with E-state index in [2.05, 4.69) is 20.6 Å². The van der Waals surface area contributed by atoms with E-state index in [0.717, 1.165) is 0 Å². The fourth-order valence-electron chi connectivity index (χ4n) is 1.95. The molecule has 0 aliphatic carbocycles. The number of aromatic nitrogens is 2. The number of nitrogens with one attached hydrogen (secondary N) is 3. The zero-order valence-corrected chi connectivity index (χ0v) is 13.0. The van der Waals surface area contributed by atoms with Crippen molar-refractivity contribution in [3.05, 3.63) is 29.8 Å². The van der Waals surface area contributed by atoms with Crippen LogP contribution in [0.4, 0.5) is 4.39 Å². The zero-order valence-electron chi connectivity index (χ0n) is 13.0. The van der Waals surface area contributed by atoms with E-state index in [-0.39, 0.29) is 36.6 Å². The minimum Gasteiger partial charge on any atom is -0.347 e. The van der Waals surface area contributed by atoms with Crippen molar-refractivity contribution in [3.8, 4) is 0 Å². The van der Waals surface area contributed by atoms with E-state index >= 15 is 0 Å². The summed E-state index contributed by atoms with van der Waals surface area (Å²) in [5.74, 6) is -0.589. The molecule has 8 heteroatoms. The van der Waals surface area contributed by atoms with Gasteiger partial charge in [-0.2, -0.15) is 0 Å². The average Bonchev–Trinajstić information content (AvgIpc) is 2.91. The molecule has 0 radical (unpaired) electrons. The standard InChI is InChI=1S/C15H20FN5O2/c1-8(2)14(17)15(23)19-7-13(22)18-6-12-20-10-4-3-9(16)5-11(10)21-12/h3-5,8,14H,6-7,17H2,1-2H3,(H,18,22)(H,19,23)(H,20,21)/t14-/m0/s1. The maximum absolute atomic E-state index is 13.1. The Morgan fingerprint density at radius 1 is 1.35 bits per heavy atom. The normalized spacial score (nSPS) is 12.4. The van der Waals surface area contributed by atoms with Gasteiger partial charge < -0.3 is 21.4 Å². The second kappa shape index (κ2) is 7.19. The van der Waals surface area contributed by atoms with Crippen molar-refractivity contribution < 1.29 is 14.0 Å². The number of nitrogens with zero attached hydrogens (tertiary/aromatic N) is 1.